The van der Waals surface area contributed by atoms with Crippen molar-refractivity contribution in [3.05, 3.63) is 144 Å². The van der Waals surface area contributed by atoms with Crippen LogP contribution in [-0.2, 0) is 0 Å². The average molecular weight is 622 g/mol. The first-order valence-corrected chi connectivity index (χ1v) is 16.6. The van der Waals surface area contributed by atoms with Crippen LogP contribution in [0, 0.1) is 11.3 Å². The molecule has 0 aliphatic rings. The third-order valence-electron chi connectivity index (χ3n) is 9.39. The lowest BCUT2D eigenvalue weighted by atomic mass is 9.88. The molecule has 6 aromatic carbocycles. The van der Waals surface area contributed by atoms with Gasteiger partial charge in [-0.1, -0.05) is 113 Å². The lowest BCUT2D eigenvalue weighted by molar-refractivity contribution is 0.669. The molecule has 232 valence electrons. The minimum Gasteiger partial charge on any atom is -0.455 e. The highest BCUT2D eigenvalue weighted by Crippen LogP contribution is 2.43. The molecular weight excluding hydrogens is 587 g/mol. The summed E-state index contributed by atoms with van der Waals surface area (Å²) in [5, 5.41) is 12.1. The van der Waals surface area contributed by atoms with Gasteiger partial charge < -0.3 is 4.42 Å². The Labute approximate surface area is 280 Å². The van der Waals surface area contributed by atoms with Gasteiger partial charge in [-0.25, -0.2) is 4.98 Å². The normalized spacial score (nSPS) is 11.7. The number of hydrogen-bond acceptors (Lipinski definition) is 3. The van der Waals surface area contributed by atoms with E-state index in [1.807, 2.05) is 42.5 Å². The summed E-state index contributed by atoms with van der Waals surface area (Å²) in [4.78, 5) is 5.31. The number of benzene rings is 6. The first-order valence-electron chi connectivity index (χ1n) is 16.6. The zero-order chi connectivity index (χ0) is 32.9. The minimum absolute atomic E-state index is 0.262. The predicted octanol–water partition coefficient (Wildman–Crippen LogP) is 12.0. The van der Waals surface area contributed by atoms with E-state index >= 15 is 0 Å². The van der Waals surface area contributed by atoms with E-state index in [0.29, 0.717) is 11.1 Å². The highest BCUT2D eigenvalue weighted by Gasteiger charge is 2.25. The highest BCUT2D eigenvalue weighted by molar-refractivity contribution is 6.11. The van der Waals surface area contributed by atoms with Crippen LogP contribution in [0.3, 0.4) is 0 Å². The number of aromatic nitrogens is 2. The molecule has 4 heteroatoms. The van der Waals surface area contributed by atoms with Crippen molar-refractivity contribution >= 4 is 33.0 Å². The summed E-state index contributed by atoms with van der Waals surface area (Å²) in [5.41, 5.74) is 13.0. The highest BCUT2D eigenvalue weighted by atomic mass is 16.3. The van der Waals surface area contributed by atoms with Gasteiger partial charge in [-0.15, -0.1) is 0 Å². The standard InChI is InChI=1S/C44H35N3O/c1-27(2)35-22-31(29-14-7-5-8-15-29)23-36(28(3)4)42(35)47-40-21-12-11-20-39(40)46-44(47)34-19-13-18-33-38-25-37(30-16-9-6-10-17-30)32(26-45)24-41(38)48-43(33)34/h5-25,27-28H,1-4H3. The molecule has 0 saturated heterocycles. The topological polar surface area (TPSA) is 54.8 Å². The molecule has 0 aliphatic heterocycles. The molecular formula is C44H35N3O. The number of imidazole rings is 1. The molecule has 0 spiro atoms. The monoisotopic (exact) mass is 621 g/mol. The molecule has 0 atom stereocenters. The smallest absolute Gasteiger partial charge is 0.149 e. The van der Waals surface area contributed by atoms with Crippen molar-refractivity contribution in [2.24, 2.45) is 0 Å². The molecule has 8 aromatic rings. The number of nitriles is 1. The van der Waals surface area contributed by atoms with E-state index in [1.54, 1.807) is 0 Å². The van der Waals surface area contributed by atoms with Gasteiger partial charge in [0, 0.05) is 16.3 Å². The minimum atomic E-state index is 0.262. The number of furan rings is 1. The van der Waals surface area contributed by atoms with E-state index in [0.717, 1.165) is 49.9 Å². The maximum Gasteiger partial charge on any atom is 0.149 e. The van der Waals surface area contributed by atoms with Crippen molar-refractivity contribution in [1.29, 1.82) is 5.26 Å². The number of hydrogen-bond donors (Lipinski definition) is 0. The largest absolute Gasteiger partial charge is 0.455 e. The maximum atomic E-state index is 10.1. The first-order chi connectivity index (χ1) is 23.4. The Balaban J connectivity index is 1.43. The molecule has 0 saturated carbocycles. The van der Waals surface area contributed by atoms with Crippen molar-refractivity contribution in [1.82, 2.24) is 9.55 Å². The van der Waals surface area contributed by atoms with Gasteiger partial charge in [0.1, 0.15) is 17.0 Å². The Morgan fingerprint density at radius 1 is 0.625 bits per heavy atom. The molecule has 0 aliphatic carbocycles. The third kappa shape index (κ3) is 4.79. The Morgan fingerprint density at radius 2 is 1.27 bits per heavy atom. The van der Waals surface area contributed by atoms with E-state index in [4.69, 9.17) is 9.40 Å². The lowest BCUT2D eigenvalue weighted by Gasteiger charge is -2.24. The molecule has 0 fully saturated rings. The van der Waals surface area contributed by atoms with E-state index < -0.39 is 0 Å². The van der Waals surface area contributed by atoms with Crippen molar-refractivity contribution in [3.63, 3.8) is 0 Å². The molecule has 2 aromatic heterocycles. The molecule has 0 amide bonds. The fourth-order valence-corrected chi connectivity index (χ4v) is 7.02. The van der Waals surface area contributed by atoms with Crippen LogP contribution in [0.1, 0.15) is 56.2 Å². The van der Waals surface area contributed by atoms with Gasteiger partial charge in [0.2, 0.25) is 0 Å². The van der Waals surface area contributed by atoms with Crippen LogP contribution >= 0.6 is 0 Å². The van der Waals surface area contributed by atoms with E-state index in [-0.39, 0.29) is 11.8 Å². The summed E-state index contributed by atoms with van der Waals surface area (Å²) in [6.07, 6.45) is 0. The van der Waals surface area contributed by atoms with Crippen LogP contribution in [0.4, 0.5) is 0 Å². The molecule has 0 radical (unpaired) electrons. The first kappa shape index (κ1) is 29.5. The Morgan fingerprint density at radius 3 is 1.94 bits per heavy atom. The van der Waals surface area contributed by atoms with Gasteiger partial charge in [0.15, 0.2) is 0 Å². The van der Waals surface area contributed by atoms with Gasteiger partial charge in [-0.3, -0.25) is 4.57 Å². The third-order valence-corrected chi connectivity index (χ3v) is 9.39. The number of para-hydroxylation sites is 3. The quantitative estimate of drug-likeness (QED) is 0.186. The molecule has 48 heavy (non-hydrogen) atoms. The van der Waals surface area contributed by atoms with Crippen LogP contribution in [0.15, 0.2) is 132 Å². The van der Waals surface area contributed by atoms with E-state index in [9.17, 15) is 5.26 Å². The zero-order valence-corrected chi connectivity index (χ0v) is 27.5. The summed E-state index contributed by atoms with van der Waals surface area (Å²) in [6, 6.07) is 46.5. The second-order valence-electron chi connectivity index (χ2n) is 13.1. The Hall–Kier alpha value is -5.92. The zero-order valence-electron chi connectivity index (χ0n) is 27.5. The molecule has 4 nitrogen and oxygen atoms in total. The lowest BCUT2D eigenvalue weighted by Crippen LogP contribution is -2.09. The number of rotatable bonds is 6. The van der Waals surface area contributed by atoms with Crippen molar-refractivity contribution in [2.75, 3.05) is 0 Å². The van der Waals surface area contributed by atoms with Crippen molar-refractivity contribution < 1.29 is 4.42 Å². The molecule has 0 N–H and O–H groups in total. The number of fused-ring (bicyclic) bond motifs is 4. The molecule has 0 bridgehead atoms. The van der Waals surface area contributed by atoms with Gasteiger partial charge in [-0.05, 0) is 82.1 Å². The van der Waals surface area contributed by atoms with Crippen LogP contribution in [0.25, 0.3) is 72.3 Å². The fourth-order valence-electron chi connectivity index (χ4n) is 7.02. The van der Waals surface area contributed by atoms with Crippen molar-refractivity contribution in [3.8, 4) is 45.4 Å². The fraction of sp³-hybridized carbons (Fsp3) is 0.136. The van der Waals surface area contributed by atoms with Crippen LogP contribution in [-0.4, -0.2) is 9.55 Å². The van der Waals surface area contributed by atoms with Crippen LogP contribution in [0.5, 0.6) is 0 Å². The average Bonchev–Trinajstić information content (AvgIpc) is 3.69. The SMILES string of the molecule is CC(C)c1cc(-c2ccccc2)cc(C(C)C)c1-n1c(-c2cccc3c2oc2cc(C#N)c(-c4ccccc4)cc23)nc2ccccc21. The van der Waals surface area contributed by atoms with E-state index in [1.165, 1.54) is 27.9 Å². The summed E-state index contributed by atoms with van der Waals surface area (Å²) >= 11 is 0. The van der Waals surface area contributed by atoms with Crippen LogP contribution in [0.2, 0.25) is 0 Å². The van der Waals surface area contributed by atoms with Gasteiger partial charge >= 0.3 is 0 Å². The van der Waals surface area contributed by atoms with Gasteiger partial charge in [-0.2, -0.15) is 5.26 Å². The molecule has 8 rings (SSSR count). The molecule has 2 heterocycles. The second kappa shape index (κ2) is 11.7. The second-order valence-corrected chi connectivity index (χ2v) is 13.1. The number of nitrogens with zero attached hydrogens (tertiary/aromatic N) is 3. The van der Waals surface area contributed by atoms with Gasteiger partial charge in [0.25, 0.3) is 0 Å². The summed E-state index contributed by atoms with van der Waals surface area (Å²) in [5.74, 6) is 1.36. The van der Waals surface area contributed by atoms with Crippen LogP contribution < -0.4 is 0 Å². The van der Waals surface area contributed by atoms with Crippen molar-refractivity contribution in [2.45, 2.75) is 39.5 Å². The summed E-state index contributed by atoms with van der Waals surface area (Å²) in [6.45, 7) is 9.09. The Bertz CT molecular complexity index is 2480. The molecule has 0 unspecified atom stereocenters. The van der Waals surface area contributed by atoms with Gasteiger partial charge in [0.05, 0.1) is 33.9 Å². The van der Waals surface area contributed by atoms with E-state index in [2.05, 4.69) is 123 Å². The predicted molar refractivity (Wildman–Crippen MR) is 198 cm³/mol. The summed E-state index contributed by atoms with van der Waals surface area (Å²) < 4.78 is 9.04. The Kier molecular flexibility index (Phi) is 7.19. The maximum absolute atomic E-state index is 10.1. The summed E-state index contributed by atoms with van der Waals surface area (Å²) in [7, 11) is 0.